The molecule has 0 radical (unpaired) electrons. The van der Waals surface area contributed by atoms with Gasteiger partial charge >= 0.3 is 0 Å². The Hall–Kier alpha value is -0.920. The summed E-state index contributed by atoms with van der Waals surface area (Å²) >= 11 is 0. The van der Waals surface area contributed by atoms with Gasteiger partial charge in [0.05, 0.1) is 0 Å². The van der Waals surface area contributed by atoms with Crippen LogP contribution >= 0.6 is 0 Å². The summed E-state index contributed by atoms with van der Waals surface area (Å²) < 4.78 is 0. The summed E-state index contributed by atoms with van der Waals surface area (Å²) in [7, 11) is 0. The van der Waals surface area contributed by atoms with Crippen molar-refractivity contribution in [3.63, 3.8) is 0 Å². The minimum absolute atomic E-state index is 0.0588. The molecule has 0 aromatic heterocycles. The maximum absolute atomic E-state index is 11.3. The summed E-state index contributed by atoms with van der Waals surface area (Å²) in [6.45, 7) is 0. The third kappa shape index (κ3) is 1.71. The molecule has 0 saturated heterocycles. The van der Waals surface area contributed by atoms with Crippen molar-refractivity contribution in [2.24, 2.45) is 5.41 Å². The van der Waals surface area contributed by atoms with Crippen LogP contribution in [0.15, 0.2) is 12.2 Å². The average molecular weight is 178 g/mol. The van der Waals surface area contributed by atoms with E-state index in [0.29, 0.717) is 18.6 Å². The van der Waals surface area contributed by atoms with Crippen molar-refractivity contribution in [1.82, 2.24) is 0 Å². The number of Topliss-reactive ketones (excluding diaryl/α,β-unsaturated/α-hetero) is 1. The van der Waals surface area contributed by atoms with Crippen LogP contribution in [0.25, 0.3) is 0 Å². The zero-order valence-electron chi connectivity index (χ0n) is 7.71. The third-order valence-electron chi connectivity index (χ3n) is 3.17. The highest BCUT2D eigenvalue weighted by Gasteiger charge is 2.35. The first-order valence-electron chi connectivity index (χ1n) is 4.94. The van der Waals surface area contributed by atoms with Gasteiger partial charge in [0.15, 0.2) is 5.78 Å². The Bertz CT molecular complexity index is 278. The van der Waals surface area contributed by atoms with Gasteiger partial charge in [0.1, 0.15) is 5.78 Å². The number of hydrogen-bond acceptors (Lipinski definition) is 2. The first kappa shape index (κ1) is 8.67. The number of hydrogen-bond donors (Lipinski definition) is 0. The van der Waals surface area contributed by atoms with Gasteiger partial charge in [-0.3, -0.25) is 9.59 Å². The van der Waals surface area contributed by atoms with E-state index in [2.05, 4.69) is 0 Å². The van der Waals surface area contributed by atoms with E-state index in [4.69, 9.17) is 0 Å². The Morgan fingerprint density at radius 3 is 2.62 bits per heavy atom. The standard InChI is InChI=1S/C11H14O2/c12-9-3-6-11(7-4-9)5-1-2-10(13)8-11/h3,6H,1-2,4-5,7-8H2. The second-order valence-corrected chi connectivity index (χ2v) is 4.23. The lowest BCUT2D eigenvalue weighted by atomic mass is 9.68. The molecule has 0 amide bonds. The molecule has 1 atom stereocenters. The van der Waals surface area contributed by atoms with E-state index < -0.39 is 0 Å². The number of carbonyl (C=O) groups excluding carboxylic acids is 2. The van der Waals surface area contributed by atoms with Gasteiger partial charge in [0.2, 0.25) is 0 Å². The molecule has 1 unspecified atom stereocenters. The molecule has 0 N–H and O–H groups in total. The molecule has 1 spiro atoms. The molecule has 2 heteroatoms. The fourth-order valence-corrected chi connectivity index (χ4v) is 2.37. The molecule has 0 aromatic rings. The second kappa shape index (κ2) is 3.09. The maximum Gasteiger partial charge on any atom is 0.155 e. The topological polar surface area (TPSA) is 34.1 Å². The Kier molecular flexibility index (Phi) is 2.06. The molecule has 0 aliphatic heterocycles. The molecule has 2 aliphatic rings. The van der Waals surface area contributed by atoms with Crippen LogP contribution in [0.1, 0.15) is 38.5 Å². The van der Waals surface area contributed by atoms with E-state index in [9.17, 15) is 9.59 Å². The number of carbonyl (C=O) groups is 2. The highest BCUT2D eigenvalue weighted by Crippen LogP contribution is 2.41. The van der Waals surface area contributed by atoms with Gasteiger partial charge in [0.25, 0.3) is 0 Å². The molecule has 13 heavy (non-hydrogen) atoms. The fourth-order valence-electron chi connectivity index (χ4n) is 2.37. The van der Waals surface area contributed by atoms with E-state index in [1.807, 2.05) is 6.08 Å². The molecule has 70 valence electrons. The van der Waals surface area contributed by atoms with Crippen molar-refractivity contribution in [3.8, 4) is 0 Å². The second-order valence-electron chi connectivity index (χ2n) is 4.23. The Morgan fingerprint density at radius 1 is 1.15 bits per heavy atom. The van der Waals surface area contributed by atoms with Crippen LogP contribution < -0.4 is 0 Å². The monoisotopic (exact) mass is 178 g/mol. The van der Waals surface area contributed by atoms with Gasteiger partial charge in [-0.05, 0) is 30.8 Å². The quantitative estimate of drug-likeness (QED) is 0.568. The molecule has 2 rings (SSSR count). The Morgan fingerprint density at radius 2 is 2.00 bits per heavy atom. The predicted molar refractivity (Wildman–Crippen MR) is 49.3 cm³/mol. The van der Waals surface area contributed by atoms with Crippen LogP contribution in [0.2, 0.25) is 0 Å². The molecule has 2 nitrogen and oxygen atoms in total. The zero-order valence-corrected chi connectivity index (χ0v) is 7.71. The minimum Gasteiger partial charge on any atom is -0.300 e. The van der Waals surface area contributed by atoms with Crippen LogP contribution in [-0.2, 0) is 9.59 Å². The van der Waals surface area contributed by atoms with Gasteiger partial charge in [-0.15, -0.1) is 0 Å². The van der Waals surface area contributed by atoms with Crippen molar-refractivity contribution < 1.29 is 9.59 Å². The summed E-state index contributed by atoms with van der Waals surface area (Å²) in [6.07, 6.45) is 8.65. The molecule has 1 saturated carbocycles. The summed E-state index contributed by atoms with van der Waals surface area (Å²) in [5, 5.41) is 0. The normalized spacial score (nSPS) is 34.2. The predicted octanol–water partition coefficient (Wildman–Crippen LogP) is 2.04. The Balaban J connectivity index is 2.16. The highest BCUT2D eigenvalue weighted by molar-refractivity contribution is 5.91. The summed E-state index contributed by atoms with van der Waals surface area (Å²) in [5.74, 6) is 0.578. The van der Waals surface area contributed by atoms with Crippen molar-refractivity contribution in [3.05, 3.63) is 12.2 Å². The molecular weight excluding hydrogens is 164 g/mol. The largest absolute Gasteiger partial charge is 0.300 e. The van der Waals surface area contributed by atoms with Crippen LogP contribution in [-0.4, -0.2) is 11.6 Å². The van der Waals surface area contributed by atoms with Gasteiger partial charge in [-0.25, -0.2) is 0 Å². The first-order valence-corrected chi connectivity index (χ1v) is 4.94. The molecule has 2 aliphatic carbocycles. The van der Waals surface area contributed by atoms with E-state index in [0.717, 1.165) is 25.7 Å². The number of ketones is 2. The van der Waals surface area contributed by atoms with Crippen molar-refractivity contribution in [1.29, 1.82) is 0 Å². The lowest BCUT2D eigenvalue weighted by Crippen LogP contribution is -2.29. The van der Waals surface area contributed by atoms with Gasteiger partial charge in [-0.2, -0.15) is 0 Å². The molecule has 0 bridgehead atoms. The van der Waals surface area contributed by atoms with Crippen LogP contribution in [0.4, 0.5) is 0 Å². The minimum atomic E-state index is 0.0588. The lowest BCUT2D eigenvalue weighted by Gasteiger charge is -2.35. The van der Waals surface area contributed by atoms with Crippen molar-refractivity contribution >= 4 is 11.6 Å². The third-order valence-corrected chi connectivity index (χ3v) is 3.17. The summed E-state index contributed by atoms with van der Waals surface area (Å²) in [4.78, 5) is 22.3. The number of allylic oxidation sites excluding steroid dienone is 2. The molecule has 1 fully saturated rings. The van der Waals surface area contributed by atoms with Crippen LogP contribution in [0.3, 0.4) is 0 Å². The summed E-state index contributed by atoms with van der Waals surface area (Å²) in [5.41, 5.74) is 0.0588. The zero-order chi connectivity index (χ0) is 9.31. The lowest BCUT2D eigenvalue weighted by molar-refractivity contribution is -0.124. The molecule has 0 heterocycles. The number of rotatable bonds is 0. The van der Waals surface area contributed by atoms with Gasteiger partial charge in [0, 0.05) is 19.3 Å². The van der Waals surface area contributed by atoms with Gasteiger partial charge < -0.3 is 0 Å². The fraction of sp³-hybridized carbons (Fsp3) is 0.636. The highest BCUT2D eigenvalue weighted by atomic mass is 16.1. The van der Waals surface area contributed by atoms with Crippen molar-refractivity contribution in [2.75, 3.05) is 0 Å². The van der Waals surface area contributed by atoms with Gasteiger partial charge in [-0.1, -0.05) is 6.08 Å². The van der Waals surface area contributed by atoms with Crippen molar-refractivity contribution in [2.45, 2.75) is 38.5 Å². The van der Waals surface area contributed by atoms with Crippen LogP contribution in [0, 0.1) is 5.41 Å². The van der Waals surface area contributed by atoms with E-state index >= 15 is 0 Å². The SMILES string of the molecule is O=C1C=CC2(CCCC(=O)C2)CC1. The maximum atomic E-state index is 11.3. The Labute approximate surface area is 78.0 Å². The van der Waals surface area contributed by atoms with E-state index in [-0.39, 0.29) is 11.2 Å². The smallest absolute Gasteiger partial charge is 0.155 e. The molecule has 0 aromatic carbocycles. The average Bonchev–Trinajstić information content (AvgIpc) is 2.11. The summed E-state index contributed by atoms with van der Waals surface area (Å²) in [6, 6.07) is 0. The van der Waals surface area contributed by atoms with Crippen LogP contribution in [0.5, 0.6) is 0 Å². The van der Waals surface area contributed by atoms with E-state index in [1.165, 1.54) is 0 Å². The molecular formula is C11H14O2. The van der Waals surface area contributed by atoms with E-state index in [1.54, 1.807) is 6.08 Å². The first-order chi connectivity index (χ1) is 6.20.